The van der Waals surface area contributed by atoms with Crippen LogP contribution in [0.5, 0.6) is 0 Å². The van der Waals surface area contributed by atoms with Gasteiger partial charge >= 0.3 is 0 Å². The summed E-state index contributed by atoms with van der Waals surface area (Å²) in [5.41, 5.74) is 26.2. The number of anilines is 3. The van der Waals surface area contributed by atoms with Crippen LogP contribution in [0, 0.1) is 0 Å². The minimum absolute atomic E-state index is 0.131. The number of hydrogen-bond acceptors (Lipinski definition) is 1. The van der Waals surface area contributed by atoms with Gasteiger partial charge in [-0.3, -0.25) is 0 Å². The highest BCUT2D eigenvalue weighted by Crippen LogP contribution is 2.57. The van der Waals surface area contributed by atoms with Crippen molar-refractivity contribution in [3.8, 4) is 55.6 Å². The van der Waals surface area contributed by atoms with Gasteiger partial charge in [-0.25, -0.2) is 0 Å². The fourth-order valence-corrected chi connectivity index (χ4v) is 14.9. The molecule has 13 aromatic rings. The Morgan fingerprint density at radius 3 is 1.02 bits per heavy atom. The van der Waals surface area contributed by atoms with Crippen LogP contribution in [0.1, 0.15) is 72.2 Å². The van der Waals surface area contributed by atoms with E-state index in [-0.39, 0.29) is 10.8 Å². The molecular weight excluding hydrogens is 963 g/mol. The number of benzene rings is 13. The van der Waals surface area contributed by atoms with Gasteiger partial charge in [0.2, 0.25) is 0 Å². The minimum Gasteiger partial charge on any atom is -0.310 e. The highest BCUT2D eigenvalue weighted by molar-refractivity contribution is 6.24. The molecule has 3 aliphatic rings. The van der Waals surface area contributed by atoms with E-state index in [0.29, 0.717) is 0 Å². The van der Waals surface area contributed by atoms with E-state index in [1.54, 1.807) is 0 Å². The van der Waals surface area contributed by atoms with Gasteiger partial charge in [0.1, 0.15) is 0 Å². The summed E-state index contributed by atoms with van der Waals surface area (Å²) < 4.78 is 0. The van der Waals surface area contributed by atoms with Crippen molar-refractivity contribution < 1.29 is 0 Å². The maximum atomic E-state index is 2.48. The fourth-order valence-electron chi connectivity index (χ4n) is 14.9. The standard InChI is InChI=1S/C79H57N/c1-77(2)71-30-16-12-26-61(71)65-44-42-55(46-75(65)77)80(56-43-45-66-62-27-13-17-31-72(62)78(3,4)76(66)47-56)54-40-36-51(37-41-54)68-49-70-59-24-10-8-22-57(59)67(48-69(70)60-25-11-9-23-58(60)68)50-34-38-53(39-35-50)79(52-20-6-5-7-21-52)73-32-18-14-28-63(73)64-29-15-19-33-74(64)79/h5-49H,1-4H3. The first-order valence-corrected chi connectivity index (χ1v) is 28.3. The lowest BCUT2D eigenvalue weighted by molar-refractivity contribution is 0.660. The van der Waals surface area contributed by atoms with E-state index in [1.165, 1.54) is 132 Å². The van der Waals surface area contributed by atoms with E-state index < -0.39 is 5.41 Å². The molecule has 378 valence electrons. The largest absolute Gasteiger partial charge is 0.310 e. The molecule has 0 aliphatic heterocycles. The quantitative estimate of drug-likeness (QED) is 0.144. The van der Waals surface area contributed by atoms with Gasteiger partial charge in [-0.05, 0) is 181 Å². The monoisotopic (exact) mass is 1020 g/mol. The summed E-state index contributed by atoms with van der Waals surface area (Å²) in [4.78, 5) is 2.48. The molecule has 0 radical (unpaired) electrons. The Morgan fingerprint density at radius 1 is 0.225 bits per heavy atom. The molecule has 0 heterocycles. The first-order valence-electron chi connectivity index (χ1n) is 28.3. The SMILES string of the molecule is CC1(C)c2ccccc2-c2ccc(N(c3ccc(-c4cc5c6ccccc6c(-c6ccc(C7(c8ccccc8)c8ccccc8-c8ccccc87)cc6)cc5c5ccccc45)cc3)c3ccc4c(c3)C(C)(C)c3ccccc3-4)cc21. The number of rotatable bonds is 7. The van der Waals surface area contributed by atoms with Gasteiger partial charge in [-0.1, -0.05) is 252 Å². The van der Waals surface area contributed by atoms with Gasteiger partial charge in [0.05, 0.1) is 5.41 Å². The van der Waals surface area contributed by atoms with E-state index in [2.05, 4.69) is 306 Å². The van der Waals surface area contributed by atoms with Gasteiger partial charge in [0.25, 0.3) is 0 Å². The lowest BCUT2D eigenvalue weighted by Crippen LogP contribution is -2.28. The Balaban J connectivity index is 0.822. The Morgan fingerprint density at radius 2 is 0.562 bits per heavy atom. The third-order valence-corrected chi connectivity index (χ3v) is 18.8. The maximum Gasteiger partial charge on any atom is 0.0713 e. The molecule has 0 amide bonds. The molecule has 0 saturated carbocycles. The Labute approximate surface area is 468 Å². The molecule has 0 spiro atoms. The molecule has 0 atom stereocenters. The number of hydrogen-bond donors (Lipinski definition) is 0. The van der Waals surface area contributed by atoms with Crippen molar-refractivity contribution in [1.82, 2.24) is 0 Å². The van der Waals surface area contributed by atoms with Crippen LogP contribution in [0.15, 0.2) is 273 Å². The molecular formula is C79H57N. The van der Waals surface area contributed by atoms with Crippen molar-refractivity contribution >= 4 is 49.4 Å². The van der Waals surface area contributed by atoms with Crippen LogP contribution >= 0.6 is 0 Å². The average molecular weight is 1020 g/mol. The van der Waals surface area contributed by atoms with Gasteiger partial charge in [0, 0.05) is 27.9 Å². The molecule has 13 aromatic carbocycles. The zero-order valence-corrected chi connectivity index (χ0v) is 45.4. The molecule has 0 fully saturated rings. The first-order chi connectivity index (χ1) is 39.2. The normalized spacial score (nSPS) is 14.6. The van der Waals surface area contributed by atoms with Crippen LogP contribution in [-0.4, -0.2) is 0 Å². The molecule has 0 bridgehead atoms. The highest BCUT2D eigenvalue weighted by Gasteiger charge is 2.46. The number of nitrogens with zero attached hydrogens (tertiary/aromatic N) is 1. The van der Waals surface area contributed by atoms with Crippen molar-refractivity contribution in [2.75, 3.05) is 4.90 Å². The third kappa shape index (κ3) is 6.52. The minimum atomic E-state index is -0.445. The molecule has 3 aliphatic carbocycles. The number of fused-ring (bicyclic) bond motifs is 14. The molecule has 0 unspecified atom stereocenters. The predicted octanol–water partition coefficient (Wildman–Crippen LogP) is 20.9. The Bertz CT molecular complexity index is 4540. The predicted molar refractivity (Wildman–Crippen MR) is 337 cm³/mol. The lowest BCUT2D eigenvalue weighted by atomic mass is 9.67. The van der Waals surface area contributed by atoms with Crippen LogP contribution in [0.2, 0.25) is 0 Å². The summed E-state index contributed by atoms with van der Waals surface area (Å²) in [7, 11) is 0. The van der Waals surface area contributed by atoms with Crippen molar-refractivity contribution in [1.29, 1.82) is 0 Å². The topological polar surface area (TPSA) is 3.24 Å². The molecule has 16 rings (SSSR count). The second-order valence-corrected chi connectivity index (χ2v) is 23.5. The van der Waals surface area contributed by atoms with E-state index in [9.17, 15) is 0 Å². The van der Waals surface area contributed by atoms with Crippen molar-refractivity contribution in [2.45, 2.75) is 43.9 Å². The van der Waals surface area contributed by atoms with Gasteiger partial charge in [-0.15, -0.1) is 0 Å². The summed E-state index contributed by atoms with van der Waals surface area (Å²) in [6.07, 6.45) is 0. The molecule has 1 nitrogen and oxygen atoms in total. The Hall–Kier alpha value is -9.56. The summed E-state index contributed by atoms with van der Waals surface area (Å²) in [5.74, 6) is 0. The molecule has 0 saturated heterocycles. The van der Waals surface area contributed by atoms with E-state index >= 15 is 0 Å². The zero-order valence-electron chi connectivity index (χ0n) is 45.4. The van der Waals surface area contributed by atoms with Crippen LogP contribution in [-0.2, 0) is 16.2 Å². The van der Waals surface area contributed by atoms with Gasteiger partial charge in [-0.2, -0.15) is 0 Å². The average Bonchev–Trinajstić information content (AvgIpc) is 4.00. The van der Waals surface area contributed by atoms with Crippen molar-refractivity contribution in [3.05, 3.63) is 317 Å². The van der Waals surface area contributed by atoms with E-state index in [4.69, 9.17) is 0 Å². The highest BCUT2D eigenvalue weighted by atomic mass is 15.1. The van der Waals surface area contributed by atoms with Crippen LogP contribution in [0.4, 0.5) is 17.1 Å². The maximum absolute atomic E-state index is 2.48. The summed E-state index contributed by atoms with van der Waals surface area (Å²) in [6, 6.07) is 103. The van der Waals surface area contributed by atoms with Gasteiger partial charge in [0.15, 0.2) is 0 Å². The molecule has 1 heteroatoms. The van der Waals surface area contributed by atoms with E-state index in [0.717, 1.165) is 17.1 Å². The first kappa shape index (κ1) is 46.5. The molecule has 80 heavy (non-hydrogen) atoms. The fraction of sp³-hybridized carbons (Fsp3) is 0.0886. The second-order valence-electron chi connectivity index (χ2n) is 23.5. The third-order valence-electron chi connectivity index (χ3n) is 18.8. The smallest absolute Gasteiger partial charge is 0.0713 e. The van der Waals surface area contributed by atoms with Crippen molar-refractivity contribution in [3.63, 3.8) is 0 Å². The van der Waals surface area contributed by atoms with Gasteiger partial charge < -0.3 is 4.90 Å². The molecule has 0 N–H and O–H groups in total. The second kappa shape index (κ2) is 17.2. The van der Waals surface area contributed by atoms with Crippen LogP contribution < -0.4 is 4.90 Å². The van der Waals surface area contributed by atoms with Crippen LogP contribution in [0.25, 0.3) is 88.0 Å². The lowest BCUT2D eigenvalue weighted by Gasteiger charge is -2.34. The summed E-state index contributed by atoms with van der Waals surface area (Å²) in [5, 5.41) is 7.50. The van der Waals surface area contributed by atoms with Crippen molar-refractivity contribution in [2.24, 2.45) is 0 Å². The Kier molecular flexibility index (Phi) is 10.0. The summed E-state index contributed by atoms with van der Waals surface area (Å²) in [6.45, 7) is 9.50. The summed E-state index contributed by atoms with van der Waals surface area (Å²) >= 11 is 0. The van der Waals surface area contributed by atoms with Crippen LogP contribution in [0.3, 0.4) is 0 Å². The molecule has 0 aromatic heterocycles. The zero-order chi connectivity index (χ0) is 53.5. The van der Waals surface area contributed by atoms with E-state index in [1.807, 2.05) is 0 Å².